The standard InChI is InChI=1S/C10H10ClNOS/c11-9-7(2-5-14-9)8(13)10(6-12)3-1-4-10/h2,5,8,13H,1,3-4H2. The van der Waals surface area contributed by atoms with E-state index in [9.17, 15) is 5.11 Å². The van der Waals surface area contributed by atoms with Gasteiger partial charge in [-0.25, -0.2) is 0 Å². The number of aliphatic hydroxyl groups excluding tert-OH is 1. The van der Waals surface area contributed by atoms with E-state index in [1.165, 1.54) is 11.3 Å². The summed E-state index contributed by atoms with van der Waals surface area (Å²) >= 11 is 7.32. The Morgan fingerprint density at radius 2 is 2.36 bits per heavy atom. The zero-order valence-corrected chi connectivity index (χ0v) is 9.11. The van der Waals surface area contributed by atoms with Crippen molar-refractivity contribution < 1.29 is 5.11 Å². The molecular weight excluding hydrogens is 218 g/mol. The van der Waals surface area contributed by atoms with Crippen molar-refractivity contribution in [1.29, 1.82) is 5.26 Å². The first kappa shape index (κ1) is 9.97. The maximum Gasteiger partial charge on any atom is 0.0998 e. The minimum Gasteiger partial charge on any atom is -0.387 e. The van der Waals surface area contributed by atoms with E-state index in [2.05, 4.69) is 6.07 Å². The van der Waals surface area contributed by atoms with Gasteiger partial charge in [0.25, 0.3) is 0 Å². The average molecular weight is 228 g/mol. The van der Waals surface area contributed by atoms with Crippen LogP contribution in [0.5, 0.6) is 0 Å². The maximum atomic E-state index is 10.1. The quantitative estimate of drug-likeness (QED) is 0.844. The van der Waals surface area contributed by atoms with Crippen LogP contribution in [-0.4, -0.2) is 5.11 Å². The van der Waals surface area contributed by atoms with Crippen molar-refractivity contribution in [2.75, 3.05) is 0 Å². The fourth-order valence-corrected chi connectivity index (χ4v) is 2.77. The molecule has 1 heterocycles. The largest absolute Gasteiger partial charge is 0.387 e. The summed E-state index contributed by atoms with van der Waals surface area (Å²) < 4.78 is 0.596. The zero-order chi connectivity index (χ0) is 10.2. The highest BCUT2D eigenvalue weighted by atomic mass is 35.5. The van der Waals surface area contributed by atoms with E-state index < -0.39 is 11.5 Å². The van der Waals surface area contributed by atoms with E-state index in [1.807, 2.05) is 5.38 Å². The second-order valence-corrected chi connectivity index (χ2v) is 5.19. The lowest BCUT2D eigenvalue weighted by Crippen LogP contribution is -2.34. The molecule has 0 spiro atoms. The van der Waals surface area contributed by atoms with Crippen LogP contribution < -0.4 is 0 Å². The highest BCUT2D eigenvalue weighted by molar-refractivity contribution is 7.14. The Morgan fingerprint density at radius 1 is 1.64 bits per heavy atom. The van der Waals surface area contributed by atoms with Gasteiger partial charge in [0.1, 0.15) is 0 Å². The fourth-order valence-electron chi connectivity index (χ4n) is 1.80. The van der Waals surface area contributed by atoms with Gasteiger partial charge >= 0.3 is 0 Å². The summed E-state index contributed by atoms with van der Waals surface area (Å²) in [7, 11) is 0. The molecule has 0 aromatic carbocycles. The molecule has 1 aliphatic rings. The topological polar surface area (TPSA) is 44.0 Å². The third-order valence-corrected chi connectivity index (χ3v) is 4.13. The number of nitrogens with zero attached hydrogens (tertiary/aromatic N) is 1. The Labute approximate surface area is 91.7 Å². The molecule has 0 aliphatic heterocycles. The van der Waals surface area contributed by atoms with E-state index in [0.29, 0.717) is 9.90 Å². The molecule has 74 valence electrons. The van der Waals surface area contributed by atoms with Crippen LogP contribution in [-0.2, 0) is 0 Å². The lowest BCUT2D eigenvalue weighted by atomic mass is 9.65. The van der Waals surface area contributed by atoms with Crippen LogP contribution in [0.3, 0.4) is 0 Å². The molecule has 1 atom stereocenters. The third kappa shape index (κ3) is 1.35. The molecule has 2 rings (SSSR count). The van der Waals surface area contributed by atoms with Crippen molar-refractivity contribution >= 4 is 22.9 Å². The predicted octanol–water partition coefficient (Wildman–Crippen LogP) is 3.13. The number of hydrogen-bond donors (Lipinski definition) is 1. The molecule has 0 amide bonds. The highest BCUT2D eigenvalue weighted by Gasteiger charge is 2.45. The molecule has 0 bridgehead atoms. The van der Waals surface area contributed by atoms with E-state index in [-0.39, 0.29) is 0 Å². The van der Waals surface area contributed by atoms with Gasteiger partial charge in [-0.3, -0.25) is 0 Å². The minimum atomic E-state index is -0.722. The van der Waals surface area contributed by atoms with Crippen LogP contribution in [0.2, 0.25) is 4.34 Å². The smallest absolute Gasteiger partial charge is 0.0998 e. The number of rotatable bonds is 2. The van der Waals surface area contributed by atoms with Gasteiger partial charge in [-0.2, -0.15) is 5.26 Å². The molecule has 0 saturated heterocycles. The molecule has 1 fully saturated rings. The van der Waals surface area contributed by atoms with Crippen LogP contribution in [0.25, 0.3) is 0 Å². The molecule has 1 saturated carbocycles. The third-order valence-electron chi connectivity index (χ3n) is 2.93. The van der Waals surface area contributed by atoms with Gasteiger partial charge in [-0.15, -0.1) is 11.3 Å². The van der Waals surface area contributed by atoms with E-state index in [0.717, 1.165) is 19.3 Å². The predicted molar refractivity (Wildman–Crippen MR) is 56.2 cm³/mol. The van der Waals surface area contributed by atoms with Gasteiger partial charge in [0, 0.05) is 5.56 Å². The zero-order valence-electron chi connectivity index (χ0n) is 7.53. The van der Waals surface area contributed by atoms with Gasteiger partial charge < -0.3 is 5.11 Å². The normalized spacial score (nSPS) is 20.9. The summed E-state index contributed by atoms with van der Waals surface area (Å²) in [6.45, 7) is 0. The molecule has 0 radical (unpaired) electrons. The fraction of sp³-hybridized carbons (Fsp3) is 0.500. The average Bonchev–Trinajstić information content (AvgIpc) is 2.50. The molecule has 2 nitrogen and oxygen atoms in total. The molecule has 1 N–H and O–H groups in total. The van der Waals surface area contributed by atoms with Crippen LogP contribution >= 0.6 is 22.9 Å². The van der Waals surface area contributed by atoms with Crippen molar-refractivity contribution in [1.82, 2.24) is 0 Å². The second kappa shape index (κ2) is 3.54. The molecule has 1 aromatic heterocycles. The monoisotopic (exact) mass is 227 g/mol. The van der Waals surface area contributed by atoms with E-state index in [1.54, 1.807) is 6.07 Å². The Bertz CT molecular complexity index is 378. The number of thiophene rings is 1. The molecule has 14 heavy (non-hydrogen) atoms. The van der Waals surface area contributed by atoms with Gasteiger partial charge in [0.2, 0.25) is 0 Å². The SMILES string of the molecule is N#CC1(C(O)c2ccsc2Cl)CCC1. The van der Waals surface area contributed by atoms with Crippen LogP contribution in [0.15, 0.2) is 11.4 Å². The molecular formula is C10H10ClNOS. The number of aliphatic hydroxyl groups is 1. The van der Waals surface area contributed by atoms with E-state index in [4.69, 9.17) is 16.9 Å². The summed E-state index contributed by atoms with van der Waals surface area (Å²) in [6.07, 6.45) is 1.85. The Morgan fingerprint density at radius 3 is 2.71 bits per heavy atom. The first-order valence-corrected chi connectivity index (χ1v) is 5.77. The first-order valence-electron chi connectivity index (χ1n) is 4.52. The summed E-state index contributed by atoms with van der Waals surface area (Å²) in [5.41, 5.74) is 0.128. The van der Waals surface area contributed by atoms with Crippen LogP contribution in [0.4, 0.5) is 0 Å². The minimum absolute atomic E-state index is 0.579. The number of hydrogen-bond acceptors (Lipinski definition) is 3. The van der Waals surface area contributed by atoms with Gasteiger partial charge in [0.15, 0.2) is 0 Å². The summed E-state index contributed by atoms with van der Waals surface area (Å²) in [4.78, 5) is 0. The van der Waals surface area contributed by atoms with Crippen LogP contribution in [0, 0.1) is 16.7 Å². The highest BCUT2D eigenvalue weighted by Crippen LogP contribution is 2.51. The van der Waals surface area contributed by atoms with Crippen molar-refractivity contribution in [3.05, 3.63) is 21.3 Å². The lowest BCUT2D eigenvalue weighted by molar-refractivity contribution is 0.00830. The molecule has 1 unspecified atom stereocenters. The number of nitriles is 1. The molecule has 1 aliphatic carbocycles. The van der Waals surface area contributed by atoms with E-state index >= 15 is 0 Å². The van der Waals surface area contributed by atoms with Crippen LogP contribution in [0.1, 0.15) is 30.9 Å². The summed E-state index contributed by atoms with van der Waals surface area (Å²) in [5.74, 6) is 0. The summed E-state index contributed by atoms with van der Waals surface area (Å²) in [6, 6.07) is 4.03. The molecule has 4 heteroatoms. The number of halogens is 1. The Balaban J connectivity index is 2.28. The van der Waals surface area contributed by atoms with Crippen molar-refractivity contribution in [2.24, 2.45) is 5.41 Å². The maximum absolute atomic E-state index is 10.1. The molecule has 1 aromatic rings. The van der Waals surface area contributed by atoms with Crippen molar-refractivity contribution in [2.45, 2.75) is 25.4 Å². The Hall–Kier alpha value is -0.560. The van der Waals surface area contributed by atoms with Crippen molar-refractivity contribution in [3.63, 3.8) is 0 Å². The first-order chi connectivity index (χ1) is 6.69. The van der Waals surface area contributed by atoms with Gasteiger partial charge in [-0.05, 0) is 24.3 Å². The van der Waals surface area contributed by atoms with Gasteiger partial charge in [0.05, 0.1) is 21.9 Å². The lowest BCUT2D eigenvalue weighted by Gasteiger charge is -2.39. The Kier molecular flexibility index (Phi) is 2.52. The second-order valence-electron chi connectivity index (χ2n) is 3.67. The van der Waals surface area contributed by atoms with Crippen molar-refractivity contribution in [3.8, 4) is 6.07 Å². The van der Waals surface area contributed by atoms with Gasteiger partial charge in [-0.1, -0.05) is 18.0 Å². The summed E-state index contributed by atoms with van der Waals surface area (Å²) in [5, 5.41) is 20.9.